The summed E-state index contributed by atoms with van der Waals surface area (Å²) in [5.74, 6) is -0.775. The second kappa shape index (κ2) is 6.88. The molecule has 2 aromatic carbocycles. The number of hydrogen-bond donors (Lipinski definition) is 2. The molecule has 3 heterocycles. The molecular formula is C23H21FN4O. The van der Waals surface area contributed by atoms with Gasteiger partial charge in [-0.2, -0.15) is 5.10 Å². The predicted octanol–water partition coefficient (Wildman–Crippen LogP) is 4.34. The second-order valence-corrected chi connectivity index (χ2v) is 7.55. The topological polar surface area (TPSA) is 64.8 Å². The van der Waals surface area contributed by atoms with Crippen molar-refractivity contribution in [3.63, 3.8) is 0 Å². The molecule has 0 bridgehead atoms. The Balaban J connectivity index is 1.43. The van der Waals surface area contributed by atoms with Crippen molar-refractivity contribution in [2.24, 2.45) is 0 Å². The van der Waals surface area contributed by atoms with Gasteiger partial charge in [0.25, 0.3) is 5.91 Å². The molecule has 0 atom stereocenters. The molecule has 2 N–H and O–H groups in total. The van der Waals surface area contributed by atoms with Crippen molar-refractivity contribution in [2.45, 2.75) is 32.9 Å². The molecule has 5 rings (SSSR count). The van der Waals surface area contributed by atoms with Crippen LogP contribution in [0.5, 0.6) is 0 Å². The van der Waals surface area contributed by atoms with Crippen molar-refractivity contribution < 1.29 is 9.18 Å². The number of H-pyrrole nitrogens is 2. The number of aromatic amines is 2. The maximum Gasteiger partial charge on any atom is 0.257 e. The summed E-state index contributed by atoms with van der Waals surface area (Å²) in [5, 5.41) is 8.05. The summed E-state index contributed by atoms with van der Waals surface area (Å²) in [6, 6.07) is 13.2. The van der Waals surface area contributed by atoms with Crippen molar-refractivity contribution in [1.82, 2.24) is 20.1 Å². The maximum absolute atomic E-state index is 14.5. The number of nitrogens with one attached hydrogen (secondary N) is 2. The Hall–Kier alpha value is -3.41. The highest BCUT2D eigenvalue weighted by Crippen LogP contribution is 2.26. The fourth-order valence-corrected chi connectivity index (χ4v) is 4.06. The van der Waals surface area contributed by atoms with Gasteiger partial charge in [0.2, 0.25) is 0 Å². The van der Waals surface area contributed by atoms with Gasteiger partial charge in [-0.25, -0.2) is 4.39 Å². The van der Waals surface area contributed by atoms with Crippen LogP contribution in [0.3, 0.4) is 0 Å². The van der Waals surface area contributed by atoms with E-state index in [2.05, 4.69) is 40.3 Å². The fourth-order valence-electron chi connectivity index (χ4n) is 4.06. The quantitative estimate of drug-likeness (QED) is 0.546. The number of aromatic nitrogens is 3. The molecule has 6 heteroatoms. The number of hydrogen-bond acceptors (Lipinski definition) is 2. The van der Waals surface area contributed by atoms with Crippen LogP contribution < -0.4 is 0 Å². The van der Waals surface area contributed by atoms with E-state index >= 15 is 0 Å². The molecule has 2 aromatic heterocycles. The Morgan fingerprint density at radius 1 is 1.21 bits per heavy atom. The number of carbonyl (C=O) groups is 1. The highest BCUT2D eigenvalue weighted by atomic mass is 19.1. The molecule has 1 aliphatic heterocycles. The predicted molar refractivity (Wildman–Crippen MR) is 109 cm³/mol. The minimum absolute atomic E-state index is 0.121. The SMILES string of the molecule is CCc1cc2c(Cc3ccc(F)c(C(=O)N4Cc5cn[nH]c5C4)c3)cccc2[nH]1. The molecule has 0 saturated carbocycles. The number of halogens is 1. The molecule has 0 saturated heterocycles. The Labute approximate surface area is 167 Å². The zero-order valence-corrected chi connectivity index (χ0v) is 16.1. The van der Waals surface area contributed by atoms with Gasteiger partial charge in [0.05, 0.1) is 24.0 Å². The van der Waals surface area contributed by atoms with E-state index in [0.717, 1.165) is 34.3 Å². The van der Waals surface area contributed by atoms with Gasteiger partial charge < -0.3 is 9.88 Å². The number of benzene rings is 2. The van der Waals surface area contributed by atoms with E-state index in [1.54, 1.807) is 23.2 Å². The number of rotatable bonds is 4. The van der Waals surface area contributed by atoms with Crippen molar-refractivity contribution in [3.05, 3.63) is 88.1 Å². The van der Waals surface area contributed by atoms with E-state index in [0.29, 0.717) is 19.5 Å². The third-order valence-corrected chi connectivity index (χ3v) is 5.65. The van der Waals surface area contributed by atoms with Crippen LogP contribution in [0.15, 0.2) is 48.7 Å². The molecule has 5 nitrogen and oxygen atoms in total. The van der Waals surface area contributed by atoms with Crippen LogP contribution in [0, 0.1) is 5.82 Å². The molecule has 146 valence electrons. The van der Waals surface area contributed by atoms with Gasteiger partial charge in [0.1, 0.15) is 5.82 Å². The average molecular weight is 388 g/mol. The van der Waals surface area contributed by atoms with Crippen molar-refractivity contribution in [1.29, 1.82) is 0 Å². The van der Waals surface area contributed by atoms with Gasteiger partial charge >= 0.3 is 0 Å². The third kappa shape index (κ3) is 3.10. The number of nitrogens with zero attached hydrogens (tertiary/aromatic N) is 2. The largest absolute Gasteiger partial charge is 0.358 e. The van der Waals surface area contributed by atoms with Crippen LogP contribution in [0.4, 0.5) is 4.39 Å². The second-order valence-electron chi connectivity index (χ2n) is 7.55. The molecule has 1 amide bonds. The van der Waals surface area contributed by atoms with Gasteiger partial charge in [-0.15, -0.1) is 0 Å². The first-order valence-corrected chi connectivity index (χ1v) is 9.80. The van der Waals surface area contributed by atoms with Crippen LogP contribution in [-0.4, -0.2) is 26.0 Å². The van der Waals surface area contributed by atoms with Gasteiger partial charge in [0, 0.05) is 28.7 Å². The van der Waals surface area contributed by atoms with Crippen LogP contribution in [0.1, 0.15) is 45.4 Å². The van der Waals surface area contributed by atoms with Gasteiger partial charge in [-0.1, -0.05) is 25.1 Å². The fraction of sp³-hybridized carbons (Fsp3) is 0.217. The van der Waals surface area contributed by atoms with E-state index in [4.69, 9.17) is 0 Å². The molecule has 0 aliphatic carbocycles. The smallest absolute Gasteiger partial charge is 0.257 e. The molecule has 0 fully saturated rings. The molecule has 0 unspecified atom stereocenters. The number of carbonyl (C=O) groups excluding carboxylic acids is 1. The lowest BCUT2D eigenvalue weighted by atomic mass is 9.99. The highest BCUT2D eigenvalue weighted by Gasteiger charge is 2.27. The van der Waals surface area contributed by atoms with Crippen LogP contribution in [0.25, 0.3) is 10.9 Å². The van der Waals surface area contributed by atoms with Crippen LogP contribution in [0.2, 0.25) is 0 Å². The number of aryl methyl sites for hydroxylation is 1. The summed E-state index contributed by atoms with van der Waals surface area (Å²) in [7, 11) is 0. The maximum atomic E-state index is 14.5. The first-order valence-electron chi connectivity index (χ1n) is 9.80. The van der Waals surface area contributed by atoms with E-state index in [9.17, 15) is 9.18 Å². The zero-order valence-electron chi connectivity index (χ0n) is 16.1. The first-order chi connectivity index (χ1) is 14.1. The Kier molecular flexibility index (Phi) is 4.19. The molecule has 1 aliphatic rings. The molecular weight excluding hydrogens is 367 g/mol. The summed E-state index contributed by atoms with van der Waals surface area (Å²) in [5.41, 5.74) is 6.39. The minimum Gasteiger partial charge on any atom is -0.358 e. The summed E-state index contributed by atoms with van der Waals surface area (Å²) >= 11 is 0. The summed E-state index contributed by atoms with van der Waals surface area (Å²) in [6.45, 7) is 3.00. The summed E-state index contributed by atoms with van der Waals surface area (Å²) in [6.07, 6.45) is 3.30. The molecule has 0 radical (unpaired) electrons. The average Bonchev–Trinajstić information content (AvgIpc) is 3.43. The van der Waals surface area contributed by atoms with Gasteiger partial charge in [-0.05, 0) is 48.2 Å². The molecule has 4 aromatic rings. The number of fused-ring (bicyclic) bond motifs is 2. The van der Waals surface area contributed by atoms with Crippen molar-refractivity contribution in [2.75, 3.05) is 0 Å². The van der Waals surface area contributed by atoms with E-state index < -0.39 is 5.82 Å². The third-order valence-electron chi connectivity index (χ3n) is 5.65. The Morgan fingerprint density at radius 3 is 2.93 bits per heavy atom. The van der Waals surface area contributed by atoms with Crippen molar-refractivity contribution >= 4 is 16.8 Å². The van der Waals surface area contributed by atoms with Crippen molar-refractivity contribution in [3.8, 4) is 0 Å². The standard InChI is InChI=1S/C23H21FN4O/c1-2-17-10-18-15(4-3-5-21(18)26-17)8-14-6-7-20(24)19(9-14)23(29)28-12-16-11-25-27-22(16)13-28/h3-7,9-11,26H,2,8,12-13H2,1H3,(H,25,27). The minimum atomic E-state index is -0.486. The van der Waals surface area contributed by atoms with E-state index in [1.165, 1.54) is 17.1 Å². The molecule has 0 spiro atoms. The normalized spacial score (nSPS) is 13.2. The molecule has 29 heavy (non-hydrogen) atoms. The van der Waals surface area contributed by atoms with Gasteiger partial charge in [0.15, 0.2) is 0 Å². The highest BCUT2D eigenvalue weighted by molar-refractivity contribution is 5.95. The van der Waals surface area contributed by atoms with Crippen LogP contribution in [-0.2, 0) is 25.9 Å². The lowest BCUT2D eigenvalue weighted by Crippen LogP contribution is -2.26. The Morgan fingerprint density at radius 2 is 2.10 bits per heavy atom. The van der Waals surface area contributed by atoms with Crippen LogP contribution >= 0.6 is 0 Å². The first kappa shape index (κ1) is 17.7. The Bertz CT molecular complexity index is 1200. The number of amides is 1. The van der Waals surface area contributed by atoms with Gasteiger partial charge in [-0.3, -0.25) is 9.89 Å². The lowest BCUT2D eigenvalue weighted by Gasteiger charge is -2.16. The van der Waals surface area contributed by atoms with E-state index in [-0.39, 0.29) is 11.5 Å². The zero-order chi connectivity index (χ0) is 20.0. The summed E-state index contributed by atoms with van der Waals surface area (Å²) in [4.78, 5) is 18.0. The lowest BCUT2D eigenvalue weighted by molar-refractivity contribution is 0.0744. The summed E-state index contributed by atoms with van der Waals surface area (Å²) < 4.78 is 14.5. The van der Waals surface area contributed by atoms with E-state index in [1.807, 2.05) is 6.07 Å². The monoisotopic (exact) mass is 388 g/mol.